The van der Waals surface area contributed by atoms with Crippen LogP contribution in [0.15, 0.2) is 18.5 Å². The minimum Gasteiger partial charge on any atom is -0.384 e. The highest BCUT2D eigenvalue weighted by atomic mass is 15.1. The Morgan fingerprint density at radius 3 is 2.93 bits per heavy atom. The van der Waals surface area contributed by atoms with Crippen molar-refractivity contribution in [2.45, 2.75) is 13.3 Å². The summed E-state index contributed by atoms with van der Waals surface area (Å²) in [5.74, 6) is 0.0883. The first kappa shape index (κ1) is 10.5. The third-order valence-corrected chi connectivity index (χ3v) is 2.06. The van der Waals surface area contributed by atoms with E-state index in [9.17, 15) is 0 Å². The minimum atomic E-state index is 0.0883. The van der Waals surface area contributed by atoms with E-state index in [0.29, 0.717) is 0 Å². The van der Waals surface area contributed by atoms with Crippen molar-refractivity contribution in [3.8, 4) is 0 Å². The molecule has 0 saturated heterocycles. The smallest absolute Gasteiger partial charge is 0.125 e. The number of nitrogens with one attached hydrogen (secondary N) is 1. The molecule has 0 aromatic carbocycles. The molecule has 0 aliphatic carbocycles. The average molecular weight is 192 g/mol. The Labute approximate surface area is 84.3 Å². The lowest BCUT2D eigenvalue weighted by atomic mass is 10.2. The number of rotatable bonds is 4. The lowest BCUT2D eigenvalue weighted by Crippen LogP contribution is -2.23. The second-order valence-corrected chi connectivity index (χ2v) is 3.23. The van der Waals surface area contributed by atoms with Crippen molar-refractivity contribution in [3.63, 3.8) is 0 Å². The third kappa shape index (κ3) is 2.22. The number of nitrogens with two attached hydrogens (primary N) is 1. The minimum absolute atomic E-state index is 0.0883. The predicted octanol–water partition coefficient (Wildman–Crippen LogP) is 1.21. The summed E-state index contributed by atoms with van der Waals surface area (Å²) in [6, 6.07) is 1.77. The summed E-state index contributed by atoms with van der Waals surface area (Å²) < 4.78 is 0. The standard InChI is InChI=1S/C10H16N4/c1-3-6-14(2)9-7-13-5-4-8(9)10(11)12/h4-5,7H,3,6H2,1-2H3,(H3,11,12). The van der Waals surface area contributed by atoms with Gasteiger partial charge < -0.3 is 10.6 Å². The van der Waals surface area contributed by atoms with E-state index in [1.165, 1.54) is 0 Å². The quantitative estimate of drug-likeness (QED) is 0.556. The number of nitrogens with zero attached hydrogens (tertiary/aromatic N) is 2. The van der Waals surface area contributed by atoms with Gasteiger partial charge in [-0.05, 0) is 12.5 Å². The molecule has 1 heterocycles. The number of hydrogen-bond donors (Lipinski definition) is 2. The van der Waals surface area contributed by atoms with Gasteiger partial charge in [0.2, 0.25) is 0 Å². The number of amidine groups is 1. The number of nitrogen functional groups attached to an aromatic ring is 1. The summed E-state index contributed by atoms with van der Waals surface area (Å²) in [6.07, 6.45) is 4.45. The van der Waals surface area contributed by atoms with Gasteiger partial charge in [0.1, 0.15) is 5.84 Å². The fourth-order valence-corrected chi connectivity index (χ4v) is 1.37. The highest BCUT2D eigenvalue weighted by Gasteiger charge is 2.08. The fourth-order valence-electron chi connectivity index (χ4n) is 1.37. The predicted molar refractivity (Wildman–Crippen MR) is 58.8 cm³/mol. The molecule has 4 nitrogen and oxygen atoms in total. The van der Waals surface area contributed by atoms with E-state index in [4.69, 9.17) is 11.1 Å². The molecule has 1 rings (SSSR count). The zero-order valence-corrected chi connectivity index (χ0v) is 8.62. The average Bonchev–Trinajstić information content (AvgIpc) is 2.18. The van der Waals surface area contributed by atoms with Crippen molar-refractivity contribution in [3.05, 3.63) is 24.0 Å². The summed E-state index contributed by atoms with van der Waals surface area (Å²) >= 11 is 0. The molecule has 0 radical (unpaired) electrons. The summed E-state index contributed by atoms with van der Waals surface area (Å²) in [6.45, 7) is 3.05. The van der Waals surface area contributed by atoms with E-state index in [2.05, 4.69) is 16.8 Å². The Morgan fingerprint density at radius 2 is 2.36 bits per heavy atom. The topological polar surface area (TPSA) is 66.0 Å². The maximum Gasteiger partial charge on any atom is 0.125 e. The second-order valence-electron chi connectivity index (χ2n) is 3.23. The first-order chi connectivity index (χ1) is 6.66. The number of pyridine rings is 1. The Bertz CT molecular complexity index is 322. The lowest BCUT2D eigenvalue weighted by molar-refractivity contribution is 0.848. The van der Waals surface area contributed by atoms with E-state index in [0.717, 1.165) is 24.2 Å². The van der Waals surface area contributed by atoms with Gasteiger partial charge >= 0.3 is 0 Å². The van der Waals surface area contributed by atoms with Crippen LogP contribution in [0.25, 0.3) is 0 Å². The van der Waals surface area contributed by atoms with E-state index < -0.39 is 0 Å². The van der Waals surface area contributed by atoms with Gasteiger partial charge in [-0.15, -0.1) is 0 Å². The molecular formula is C10H16N4. The largest absolute Gasteiger partial charge is 0.384 e. The molecule has 0 aliphatic heterocycles. The maximum absolute atomic E-state index is 7.43. The summed E-state index contributed by atoms with van der Waals surface area (Å²) in [5, 5.41) is 7.43. The van der Waals surface area contributed by atoms with Crippen molar-refractivity contribution in [2.24, 2.45) is 5.73 Å². The normalized spacial score (nSPS) is 9.86. The molecule has 0 fully saturated rings. The maximum atomic E-state index is 7.43. The highest BCUT2D eigenvalue weighted by Crippen LogP contribution is 2.16. The SMILES string of the molecule is CCCN(C)c1cnccc1C(=N)N. The van der Waals surface area contributed by atoms with Gasteiger partial charge in [0.25, 0.3) is 0 Å². The highest BCUT2D eigenvalue weighted by molar-refractivity contribution is 6.00. The molecule has 0 atom stereocenters. The van der Waals surface area contributed by atoms with Crippen LogP contribution in [0, 0.1) is 5.41 Å². The number of hydrogen-bond acceptors (Lipinski definition) is 3. The monoisotopic (exact) mass is 192 g/mol. The molecule has 0 spiro atoms. The zero-order valence-electron chi connectivity index (χ0n) is 8.62. The molecule has 1 aromatic heterocycles. The Balaban J connectivity index is 3.00. The molecule has 0 amide bonds. The number of aromatic nitrogens is 1. The first-order valence-electron chi connectivity index (χ1n) is 4.66. The van der Waals surface area contributed by atoms with Crippen LogP contribution in [0.1, 0.15) is 18.9 Å². The van der Waals surface area contributed by atoms with Crippen LogP contribution in [0.3, 0.4) is 0 Å². The van der Waals surface area contributed by atoms with Gasteiger partial charge in [-0.2, -0.15) is 0 Å². The van der Waals surface area contributed by atoms with Crippen LogP contribution in [0.5, 0.6) is 0 Å². The zero-order chi connectivity index (χ0) is 10.6. The lowest BCUT2D eigenvalue weighted by Gasteiger charge is -2.20. The Kier molecular flexibility index (Phi) is 3.45. The van der Waals surface area contributed by atoms with Crippen molar-refractivity contribution in [1.29, 1.82) is 5.41 Å². The summed E-state index contributed by atoms with van der Waals surface area (Å²) in [5.41, 5.74) is 7.14. The second kappa shape index (κ2) is 4.60. The van der Waals surface area contributed by atoms with Crippen molar-refractivity contribution < 1.29 is 0 Å². The van der Waals surface area contributed by atoms with Gasteiger partial charge in [0.05, 0.1) is 11.9 Å². The van der Waals surface area contributed by atoms with E-state index in [1.807, 2.05) is 7.05 Å². The van der Waals surface area contributed by atoms with Crippen molar-refractivity contribution >= 4 is 11.5 Å². The summed E-state index contributed by atoms with van der Waals surface area (Å²) in [4.78, 5) is 6.10. The fraction of sp³-hybridized carbons (Fsp3) is 0.400. The van der Waals surface area contributed by atoms with Crippen LogP contribution in [0.2, 0.25) is 0 Å². The Morgan fingerprint density at radius 1 is 1.64 bits per heavy atom. The number of anilines is 1. The van der Waals surface area contributed by atoms with Gasteiger partial charge in [-0.3, -0.25) is 10.4 Å². The molecule has 0 saturated carbocycles. The molecule has 14 heavy (non-hydrogen) atoms. The van der Waals surface area contributed by atoms with Crippen LogP contribution in [0.4, 0.5) is 5.69 Å². The molecule has 0 unspecified atom stereocenters. The molecule has 76 valence electrons. The summed E-state index contributed by atoms with van der Waals surface area (Å²) in [7, 11) is 1.98. The van der Waals surface area contributed by atoms with Gasteiger partial charge in [0.15, 0.2) is 0 Å². The van der Waals surface area contributed by atoms with Gasteiger partial charge in [-0.1, -0.05) is 6.92 Å². The van der Waals surface area contributed by atoms with E-state index >= 15 is 0 Å². The van der Waals surface area contributed by atoms with Crippen LogP contribution in [-0.2, 0) is 0 Å². The molecule has 4 heteroatoms. The van der Waals surface area contributed by atoms with Gasteiger partial charge in [-0.25, -0.2) is 0 Å². The molecule has 3 N–H and O–H groups in total. The Hall–Kier alpha value is -1.58. The third-order valence-electron chi connectivity index (χ3n) is 2.06. The van der Waals surface area contributed by atoms with Crippen LogP contribution in [-0.4, -0.2) is 24.4 Å². The molecular weight excluding hydrogens is 176 g/mol. The van der Waals surface area contributed by atoms with E-state index in [1.54, 1.807) is 18.5 Å². The molecule has 0 bridgehead atoms. The van der Waals surface area contributed by atoms with E-state index in [-0.39, 0.29) is 5.84 Å². The molecule has 1 aromatic rings. The van der Waals surface area contributed by atoms with Crippen LogP contribution >= 0.6 is 0 Å². The van der Waals surface area contributed by atoms with Gasteiger partial charge in [0, 0.05) is 25.4 Å². The van der Waals surface area contributed by atoms with Crippen molar-refractivity contribution in [1.82, 2.24) is 4.98 Å². The first-order valence-corrected chi connectivity index (χ1v) is 4.66. The van der Waals surface area contributed by atoms with Crippen molar-refractivity contribution in [2.75, 3.05) is 18.5 Å². The molecule has 0 aliphatic rings. The van der Waals surface area contributed by atoms with Crippen LogP contribution < -0.4 is 10.6 Å².